The molecule has 0 unspecified atom stereocenters. The summed E-state index contributed by atoms with van der Waals surface area (Å²) in [5.74, 6) is -3.44. The minimum absolute atomic E-state index is 0.0445. The fourth-order valence-corrected chi connectivity index (χ4v) is 8.01. The number of nitrogens with zero attached hydrogens (tertiary/aromatic N) is 3. The van der Waals surface area contributed by atoms with Crippen LogP contribution >= 0.6 is 0 Å². The number of halogens is 1. The van der Waals surface area contributed by atoms with Crippen LogP contribution in [0, 0.1) is 17.7 Å². The first-order valence-corrected chi connectivity index (χ1v) is 16.8. The molecule has 0 bridgehead atoms. The van der Waals surface area contributed by atoms with Gasteiger partial charge in [-0.05, 0) is 70.2 Å². The Morgan fingerprint density at radius 2 is 1.74 bits per heavy atom. The Balaban J connectivity index is 1.49. The zero-order valence-corrected chi connectivity index (χ0v) is 27.6. The second-order valence-electron chi connectivity index (χ2n) is 13.4. The number of aromatic nitrogens is 1. The molecule has 1 aromatic heterocycles. The lowest BCUT2D eigenvalue weighted by Gasteiger charge is -2.49. The van der Waals surface area contributed by atoms with Crippen molar-refractivity contribution in [3.63, 3.8) is 0 Å². The lowest BCUT2D eigenvalue weighted by Crippen LogP contribution is -2.63. The Morgan fingerprint density at radius 3 is 2.41 bits per heavy atom. The van der Waals surface area contributed by atoms with Gasteiger partial charge in [-0.3, -0.25) is 19.4 Å². The van der Waals surface area contributed by atoms with Crippen molar-refractivity contribution in [1.82, 2.24) is 15.0 Å². The maximum Gasteiger partial charge on any atom is 0.265 e. The third kappa shape index (κ3) is 4.97. The Bertz CT molecular complexity index is 1570. The van der Waals surface area contributed by atoms with E-state index in [1.54, 1.807) is 19.0 Å². The van der Waals surface area contributed by atoms with Gasteiger partial charge in [0, 0.05) is 41.3 Å². The second kappa shape index (κ2) is 12.7. The van der Waals surface area contributed by atoms with Crippen molar-refractivity contribution in [2.75, 3.05) is 40.4 Å². The minimum atomic E-state index is -2.50. The number of carbonyl (C=O) groups is 2. The van der Waals surface area contributed by atoms with Gasteiger partial charge in [0.2, 0.25) is 11.6 Å². The quantitative estimate of drug-likeness (QED) is 0.250. The van der Waals surface area contributed by atoms with Crippen LogP contribution in [0.25, 0.3) is 5.76 Å². The first-order chi connectivity index (χ1) is 22.1. The van der Waals surface area contributed by atoms with Gasteiger partial charge in [0.1, 0.15) is 22.9 Å². The van der Waals surface area contributed by atoms with E-state index < -0.39 is 40.8 Å². The van der Waals surface area contributed by atoms with E-state index in [2.05, 4.69) is 17.0 Å². The lowest BCUT2D eigenvalue weighted by molar-refractivity contribution is -0.142. The summed E-state index contributed by atoms with van der Waals surface area (Å²) >= 11 is 0. The summed E-state index contributed by atoms with van der Waals surface area (Å²) in [6, 6.07) is -0.688. The van der Waals surface area contributed by atoms with Crippen molar-refractivity contribution >= 4 is 17.3 Å². The Kier molecular flexibility index (Phi) is 9.04. The number of aliphatic hydroxyl groups excluding tert-OH is 1. The van der Waals surface area contributed by atoms with Gasteiger partial charge in [-0.25, -0.2) is 4.39 Å². The van der Waals surface area contributed by atoms with Gasteiger partial charge in [-0.15, -0.1) is 0 Å². The first kappa shape index (κ1) is 32.7. The van der Waals surface area contributed by atoms with Crippen molar-refractivity contribution < 1.29 is 38.2 Å². The highest BCUT2D eigenvalue weighted by molar-refractivity contribution is 6.26. The Labute approximate surface area is 269 Å². The van der Waals surface area contributed by atoms with E-state index in [0.29, 0.717) is 43.1 Å². The number of Topliss-reactive ketones (excluding diaryl/α,β-unsaturated/α-hetero) is 2. The lowest BCUT2D eigenvalue weighted by atomic mass is 9.57. The van der Waals surface area contributed by atoms with E-state index in [4.69, 9.17) is 14.0 Å². The molecule has 2 aromatic rings. The van der Waals surface area contributed by atoms with Crippen LogP contribution in [0.15, 0.2) is 10.1 Å². The second-order valence-corrected chi connectivity index (χ2v) is 13.4. The molecule has 0 radical (unpaired) electrons. The SMILES string of the molecule is CCCCOc1noc2c1C(=O)[C@@]1(O)C(=O)C3=C(O)c4c(c(F)c5c(c4OCCCC)CCN(CCC)C5)C[C@H]3C[C@H]1[C@@H]2N(C)C. The molecule has 10 nitrogen and oxygen atoms in total. The molecule has 1 saturated carbocycles. The van der Waals surface area contributed by atoms with Gasteiger partial charge >= 0.3 is 0 Å². The van der Waals surface area contributed by atoms with Gasteiger partial charge in [0.25, 0.3) is 5.88 Å². The Morgan fingerprint density at radius 1 is 1.02 bits per heavy atom. The molecule has 4 atom stereocenters. The van der Waals surface area contributed by atoms with E-state index >= 15 is 4.39 Å². The van der Waals surface area contributed by atoms with Crippen molar-refractivity contribution in [3.8, 4) is 11.6 Å². The molecular weight excluding hydrogens is 593 g/mol. The number of fused-ring (bicyclic) bond motifs is 5. The van der Waals surface area contributed by atoms with Crippen LogP contribution in [0.2, 0.25) is 0 Å². The van der Waals surface area contributed by atoms with Crippen LogP contribution in [0.4, 0.5) is 4.39 Å². The van der Waals surface area contributed by atoms with Gasteiger partial charge in [-0.1, -0.05) is 33.6 Å². The van der Waals surface area contributed by atoms with E-state index in [1.165, 1.54) is 0 Å². The summed E-state index contributed by atoms with van der Waals surface area (Å²) in [6.45, 7) is 8.86. The molecule has 2 N–H and O–H groups in total. The number of ketones is 2. The zero-order chi connectivity index (χ0) is 32.9. The zero-order valence-electron chi connectivity index (χ0n) is 27.6. The molecule has 46 heavy (non-hydrogen) atoms. The normalized spacial score (nSPS) is 25.6. The number of rotatable bonds is 11. The van der Waals surface area contributed by atoms with Gasteiger partial charge in [0.05, 0.1) is 24.8 Å². The van der Waals surface area contributed by atoms with E-state index in [1.807, 2.05) is 13.8 Å². The first-order valence-electron chi connectivity index (χ1n) is 16.8. The van der Waals surface area contributed by atoms with Crippen LogP contribution < -0.4 is 9.47 Å². The van der Waals surface area contributed by atoms with Crippen molar-refractivity contribution in [3.05, 3.63) is 45.0 Å². The summed E-state index contributed by atoms with van der Waals surface area (Å²) in [4.78, 5) is 32.8. The Hall–Kier alpha value is -3.28. The van der Waals surface area contributed by atoms with Crippen LogP contribution in [-0.2, 0) is 24.2 Å². The molecule has 1 fully saturated rings. The molecule has 1 aromatic carbocycles. The molecule has 4 aliphatic rings. The fourth-order valence-electron chi connectivity index (χ4n) is 8.01. The number of benzene rings is 1. The average Bonchev–Trinajstić information content (AvgIpc) is 3.44. The number of unbranched alkanes of at least 4 members (excludes halogenated alkanes) is 2. The number of carbonyl (C=O) groups excluding carboxylic acids is 2. The highest BCUT2D eigenvalue weighted by Crippen LogP contribution is 2.56. The molecule has 0 saturated heterocycles. The van der Waals surface area contributed by atoms with E-state index in [9.17, 15) is 19.8 Å². The molecule has 2 heterocycles. The smallest absolute Gasteiger partial charge is 0.265 e. The van der Waals surface area contributed by atoms with Gasteiger partial charge < -0.3 is 24.2 Å². The molecule has 6 rings (SSSR count). The van der Waals surface area contributed by atoms with Gasteiger partial charge in [-0.2, -0.15) is 0 Å². The van der Waals surface area contributed by atoms with Crippen LogP contribution in [0.5, 0.6) is 11.6 Å². The van der Waals surface area contributed by atoms with Crippen molar-refractivity contribution in [1.29, 1.82) is 0 Å². The van der Waals surface area contributed by atoms with Crippen LogP contribution in [0.3, 0.4) is 0 Å². The molecule has 0 amide bonds. The predicted octanol–water partition coefficient (Wildman–Crippen LogP) is 5.20. The average molecular weight is 640 g/mol. The topological polar surface area (TPSA) is 126 Å². The third-order valence-corrected chi connectivity index (χ3v) is 10.3. The van der Waals surface area contributed by atoms with Crippen molar-refractivity contribution in [2.45, 2.75) is 90.3 Å². The highest BCUT2D eigenvalue weighted by atomic mass is 19.1. The summed E-state index contributed by atoms with van der Waals surface area (Å²) in [6.07, 6.45) is 5.02. The molecule has 250 valence electrons. The number of hydrogen-bond donors (Lipinski definition) is 2. The molecular formula is C35H46FN3O7. The summed E-state index contributed by atoms with van der Waals surface area (Å²) < 4.78 is 34.4. The number of aliphatic hydroxyl groups is 2. The molecule has 1 aliphatic heterocycles. The third-order valence-electron chi connectivity index (χ3n) is 10.3. The minimum Gasteiger partial charge on any atom is -0.507 e. The standard InChI is InChI=1S/C35H46FN3O7/c1-6-9-14-44-30-20-11-13-39(12-8-3)18-22(20)27(36)21-16-19-17-23-28(38(4)5)31-26(34(37-46-31)45-15-10-7-2)33(42)35(23,43)32(41)24(19)29(40)25(21)30/h19,23,28,40,43H,6-18H2,1-5H3/t19-,23-,28-,35-/m0/s1. The number of ether oxygens (including phenoxy) is 2. The van der Waals surface area contributed by atoms with E-state index in [-0.39, 0.29) is 47.0 Å². The molecule has 3 aliphatic carbocycles. The predicted molar refractivity (Wildman–Crippen MR) is 169 cm³/mol. The molecule has 11 heteroatoms. The van der Waals surface area contributed by atoms with E-state index in [0.717, 1.165) is 50.8 Å². The summed E-state index contributed by atoms with van der Waals surface area (Å²) in [5, 5.41) is 28.3. The van der Waals surface area contributed by atoms with Crippen LogP contribution in [-0.4, -0.2) is 82.7 Å². The largest absolute Gasteiger partial charge is 0.507 e. The van der Waals surface area contributed by atoms with Crippen LogP contribution in [0.1, 0.15) is 104 Å². The maximum absolute atomic E-state index is 16.6. The highest BCUT2D eigenvalue weighted by Gasteiger charge is 2.65. The fraction of sp³-hybridized carbons (Fsp3) is 0.629. The monoisotopic (exact) mass is 639 g/mol. The summed E-state index contributed by atoms with van der Waals surface area (Å²) in [5.41, 5.74) is -0.784. The van der Waals surface area contributed by atoms with Gasteiger partial charge in [0.15, 0.2) is 11.4 Å². The number of hydrogen-bond acceptors (Lipinski definition) is 10. The summed E-state index contributed by atoms with van der Waals surface area (Å²) in [7, 11) is 3.56. The maximum atomic E-state index is 16.6. The molecule has 0 spiro atoms. The van der Waals surface area contributed by atoms with Crippen molar-refractivity contribution in [2.24, 2.45) is 11.8 Å².